The lowest BCUT2D eigenvalue weighted by Crippen LogP contribution is -2.54. The van der Waals surface area contributed by atoms with E-state index in [-0.39, 0.29) is 11.3 Å². The number of anilines is 1. The molecule has 0 radical (unpaired) electrons. The van der Waals surface area contributed by atoms with Gasteiger partial charge in [0.2, 0.25) is 11.9 Å². The van der Waals surface area contributed by atoms with Crippen molar-refractivity contribution < 1.29 is 9.18 Å². The lowest BCUT2D eigenvalue weighted by Gasteiger charge is -2.48. The summed E-state index contributed by atoms with van der Waals surface area (Å²) in [5.74, 6) is 0.359. The molecular weight excluding hydrogens is 333 g/mol. The third-order valence-electron chi connectivity index (χ3n) is 5.42. The topological polar surface area (TPSA) is 62.2 Å². The highest BCUT2D eigenvalue weighted by Crippen LogP contribution is 2.40. The number of rotatable bonds is 3. The first-order chi connectivity index (χ1) is 12.6. The van der Waals surface area contributed by atoms with Crippen molar-refractivity contribution in [3.05, 3.63) is 48.3 Å². The molecule has 1 amide bonds. The van der Waals surface area contributed by atoms with Crippen LogP contribution in [0.5, 0.6) is 0 Å². The molecule has 7 heteroatoms. The fourth-order valence-corrected chi connectivity index (χ4v) is 4.14. The summed E-state index contributed by atoms with van der Waals surface area (Å²) in [6, 6.07) is 3.90. The Balaban J connectivity index is 1.49. The van der Waals surface area contributed by atoms with Gasteiger partial charge in [-0.3, -0.25) is 9.78 Å². The van der Waals surface area contributed by atoms with Gasteiger partial charge in [-0.1, -0.05) is 0 Å². The second kappa shape index (κ2) is 6.97. The average molecular weight is 355 g/mol. The van der Waals surface area contributed by atoms with Gasteiger partial charge in [-0.15, -0.1) is 0 Å². The highest BCUT2D eigenvalue weighted by Gasteiger charge is 2.42. The predicted octanol–water partition coefficient (Wildman–Crippen LogP) is 2.42. The molecule has 136 valence electrons. The SMILES string of the molecule is O=C1CC[C@@]2(CCCN(c3ncc(F)cn3)C2)CN1Cc1ccncc1. The summed E-state index contributed by atoms with van der Waals surface area (Å²) in [7, 11) is 0. The monoisotopic (exact) mass is 355 g/mol. The van der Waals surface area contributed by atoms with Gasteiger partial charge in [0.15, 0.2) is 5.82 Å². The van der Waals surface area contributed by atoms with E-state index in [9.17, 15) is 9.18 Å². The van der Waals surface area contributed by atoms with E-state index < -0.39 is 5.82 Å². The van der Waals surface area contributed by atoms with Crippen molar-refractivity contribution in [2.75, 3.05) is 24.5 Å². The molecule has 4 rings (SSSR count). The van der Waals surface area contributed by atoms with Crippen molar-refractivity contribution in [3.63, 3.8) is 0 Å². The molecular formula is C19H22FN5O. The molecule has 2 aromatic heterocycles. The van der Waals surface area contributed by atoms with Gasteiger partial charge in [0, 0.05) is 50.4 Å². The van der Waals surface area contributed by atoms with Crippen molar-refractivity contribution in [2.45, 2.75) is 32.2 Å². The van der Waals surface area contributed by atoms with Crippen LogP contribution in [-0.2, 0) is 11.3 Å². The molecule has 0 N–H and O–H groups in total. The molecule has 26 heavy (non-hydrogen) atoms. The zero-order valence-corrected chi connectivity index (χ0v) is 14.6. The van der Waals surface area contributed by atoms with E-state index in [1.54, 1.807) is 12.4 Å². The van der Waals surface area contributed by atoms with E-state index in [1.165, 1.54) is 12.4 Å². The van der Waals surface area contributed by atoms with Crippen LogP contribution >= 0.6 is 0 Å². The Hall–Kier alpha value is -2.57. The quantitative estimate of drug-likeness (QED) is 0.846. The summed E-state index contributed by atoms with van der Waals surface area (Å²) in [6.07, 6.45) is 9.51. The number of carbonyl (C=O) groups is 1. The average Bonchev–Trinajstić information content (AvgIpc) is 2.67. The highest BCUT2D eigenvalue weighted by atomic mass is 19.1. The number of piperidine rings is 2. The maximum atomic E-state index is 13.1. The van der Waals surface area contributed by atoms with Crippen LogP contribution in [0.3, 0.4) is 0 Å². The summed E-state index contributed by atoms with van der Waals surface area (Å²) >= 11 is 0. The van der Waals surface area contributed by atoms with Gasteiger partial charge >= 0.3 is 0 Å². The fourth-order valence-electron chi connectivity index (χ4n) is 4.14. The highest BCUT2D eigenvalue weighted by molar-refractivity contribution is 5.77. The predicted molar refractivity (Wildman–Crippen MR) is 94.8 cm³/mol. The zero-order chi connectivity index (χ0) is 18.0. The van der Waals surface area contributed by atoms with Crippen LogP contribution in [0.2, 0.25) is 0 Å². The summed E-state index contributed by atoms with van der Waals surface area (Å²) in [4.78, 5) is 28.8. The maximum Gasteiger partial charge on any atom is 0.225 e. The second-order valence-corrected chi connectivity index (χ2v) is 7.33. The Morgan fingerprint density at radius 3 is 2.65 bits per heavy atom. The second-order valence-electron chi connectivity index (χ2n) is 7.33. The standard InChI is InChI=1S/C19H22FN5O/c20-16-10-22-18(23-11-16)24-9-1-5-19(13-24)6-2-17(26)25(14-19)12-15-3-7-21-8-4-15/h3-4,7-8,10-11H,1-2,5-6,9,12-14H2/t19-/m1/s1. The normalized spacial score (nSPS) is 23.5. The molecule has 0 bridgehead atoms. The van der Waals surface area contributed by atoms with Crippen LogP contribution in [0, 0.1) is 11.2 Å². The molecule has 2 aromatic rings. The molecule has 2 aliphatic heterocycles. The third-order valence-corrected chi connectivity index (χ3v) is 5.42. The summed E-state index contributed by atoms with van der Waals surface area (Å²) in [6.45, 7) is 3.03. The number of amides is 1. The molecule has 1 spiro atoms. The zero-order valence-electron chi connectivity index (χ0n) is 14.6. The molecule has 2 saturated heterocycles. The van der Waals surface area contributed by atoms with Crippen LogP contribution in [0.4, 0.5) is 10.3 Å². The summed E-state index contributed by atoms with van der Waals surface area (Å²) < 4.78 is 13.1. The van der Waals surface area contributed by atoms with Gasteiger partial charge in [0.1, 0.15) is 0 Å². The van der Waals surface area contributed by atoms with Gasteiger partial charge in [0.05, 0.1) is 12.4 Å². The van der Waals surface area contributed by atoms with Crippen molar-refractivity contribution in [2.24, 2.45) is 5.41 Å². The van der Waals surface area contributed by atoms with Crippen LogP contribution in [-0.4, -0.2) is 45.4 Å². The maximum absolute atomic E-state index is 13.1. The molecule has 2 fully saturated rings. The molecule has 0 aromatic carbocycles. The largest absolute Gasteiger partial charge is 0.340 e. The number of nitrogens with zero attached hydrogens (tertiary/aromatic N) is 5. The van der Waals surface area contributed by atoms with Crippen LogP contribution in [0.1, 0.15) is 31.2 Å². The van der Waals surface area contributed by atoms with Crippen LogP contribution < -0.4 is 4.90 Å². The van der Waals surface area contributed by atoms with Gasteiger partial charge in [-0.2, -0.15) is 0 Å². The van der Waals surface area contributed by atoms with E-state index >= 15 is 0 Å². The lowest BCUT2D eigenvalue weighted by molar-refractivity contribution is -0.138. The van der Waals surface area contributed by atoms with Crippen LogP contribution in [0.25, 0.3) is 0 Å². The Labute approximate surface area is 152 Å². The lowest BCUT2D eigenvalue weighted by atomic mass is 9.73. The Morgan fingerprint density at radius 1 is 1.12 bits per heavy atom. The summed E-state index contributed by atoms with van der Waals surface area (Å²) in [5, 5.41) is 0. The molecule has 6 nitrogen and oxygen atoms in total. The molecule has 0 saturated carbocycles. The van der Waals surface area contributed by atoms with E-state index in [0.29, 0.717) is 18.9 Å². The van der Waals surface area contributed by atoms with E-state index in [1.807, 2.05) is 17.0 Å². The van der Waals surface area contributed by atoms with E-state index in [2.05, 4.69) is 19.9 Å². The number of hydrogen-bond donors (Lipinski definition) is 0. The number of aromatic nitrogens is 3. The molecule has 0 unspecified atom stereocenters. The van der Waals surface area contributed by atoms with Gasteiger partial charge in [-0.25, -0.2) is 14.4 Å². The van der Waals surface area contributed by atoms with Crippen LogP contribution in [0.15, 0.2) is 36.9 Å². The minimum atomic E-state index is -0.424. The molecule has 4 heterocycles. The number of carbonyl (C=O) groups excluding carboxylic acids is 1. The molecule has 2 aliphatic rings. The Bertz CT molecular complexity index is 769. The van der Waals surface area contributed by atoms with Crippen molar-refractivity contribution in [1.29, 1.82) is 0 Å². The minimum absolute atomic E-state index is 0.0525. The van der Waals surface area contributed by atoms with Gasteiger partial charge in [0.25, 0.3) is 0 Å². The van der Waals surface area contributed by atoms with Crippen molar-refractivity contribution in [1.82, 2.24) is 19.9 Å². The first kappa shape index (κ1) is 16.9. The number of halogens is 1. The number of hydrogen-bond acceptors (Lipinski definition) is 5. The van der Waals surface area contributed by atoms with Crippen molar-refractivity contribution >= 4 is 11.9 Å². The first-order valence-electron chi connectivity index (χ1n) is 9.03. The molecule has 0 aliphatic carbocycles. The van der Waals surface area contributed by atoms with Gasteiger partial charge < -0.3 is 9.80 Å². The van der Waals surface area contributed by atoms with E-state index in [4.69, 9.17) is 0 Å². The Morgan fingerprint density at radius 2 is 1.88 bits per heavy atom. The van der Waals surface area contributed by atoms with Gasteiger partial charge in [-0.05, 0) is 37.0 Å². The number of pyridine rings is 1. The fraction of sp³-hybridized carbons (Fsp3) is 0.474. The third kappa shape index (κ3) is 3.52. The molecule has 1 atom stereocenters. The van der Waals surface area contributed by atoms with E-state index in [0.717, 1.165) is 44.5 Å². The first-order valence-corrected chi connectivity index (χ1v) is 9.03. The Kier molecular flexibility index (Phi) is 4.53. The number of likely N-dealkylation sites (tertiary alicyclic amines) is 1. The summed E-state index contributed by atoms with van der Waals surface area (Å²) in [5.41, 5.74) is 1.15. The van der Waals surface area contributed by atoms with Crippen molar-refractivity contribution in [3.8, 4) is 0 Å². The smallest absolute Gasteiger partial charge is 0.225 e. The minimum Gasteiger partial charge on any atom is -0.340 e.